The quantitative estimate of drug-likeness (QED) is 0.757. The average Bonchev–Trinajstić information content (AvgIpc) is 3.11. The molecular weight excluding hydrogens is 338 g/mol. The van der Waals surface area contributed by atoms with Crippen LogP contribution in [0.15, 0.2) is 53.3 Å². The van der Waals surface area contributed by atoms with Crippen molar-refractivity contribution in [2.75, 3.05) is 7.05 Å². The number of hydrogen-bond donors (Lipinski definition) is 1. The zero-order chi connectivity index (χ0) is 18.8. The molecular formula is C22H23N3O2. The molecule has 0 bridgehead atoms. The van der Waals surface area contributed by atoms with E-state index in [0.717, 1.165) is 12.8 Å². The Balaban J connectivity index is 1.38. The number of aromatic amines is 1. The molecule has 1 heterocycles. The van der Waals surface area contributed by atoms with Gasteiger partial charge in [0.2, 0.25) is 5.91 Å². The van der Waals surface area contributed by atoms with Gasteiger partial charge in [-0.25, -0.2) is 4.98 Å². The van der Waals surface area contributed by atoms with E-state index in [4.69, 9.17) is 0 Å². The fourth-order valence-electron chi connectivity index (χ4n) is 3.95. The Morgan fingerprint density at radius 2 is 1.96 bits per heavy atom. The summed E-state index contributed by atoms with van der Waals surface area (Å²) in [5.74, 6) is 0.778. The van der Waals surface area contributed by atoms with Crippen molar-refractivity contribution in [2.24, 2.45) is 0 Å². The molecule has 0 saturated carbocycles. The van der Waals surface area contributed by atoms with E-state index in [1.54, 1.807) is 6.07 Å². The van der Waals surface area contributed by atoms with Gasteiger partial charge in [-0.05, 0) is 42.5 Å². The topological polar surface area (TPSA) is 66.1 Å². The van der Waals surface area contributed by atoms with Crippen LogP contribution in [0.2, 0.25) is 0 Å². The number of carbonyl (C=O) groups excluding carboxylic acids is 1. The third-order valence-electron chi connectivity index (χ3n) is 5.43. The molecule has 138 valence electrons. The molecule has 4 rings (SSSR count). The number of amides is 1. The normalized spacial score (nSPS) is 15.7. The highest BCUT2D eigenvalue weighted by atomic mass is 16.2. The number of rotatable bonds is 5. The van der Waals surface area contributed by atoms with Crippen LogP contribution in [0.5, 0.6) is 0 Å². The minimum atomic E-state index is -0.124. The summed E-state index contributed by atoms with van der Waals surface area (Å²) in [6.07, 6.45) is 3.72. The standard InChI is InChI=1S/C22H23N3O2/c1-25(19-14-13-15-7-2-3-8-16(15)19)21(26)12-6-11-20-23-18-10-5-4-9-17(18)22(27)24-20/h2-5,7-10,19H,6,11-14H2,1H3,(H,23,24,27). The van der Waals surface area contributed by atoms with Crippen molar-refractivity contribution in [1.82, 2.24) is 14.9 Å². The van der Waals surface area contributed by atoms with Crippen LogP contribution >= 0.6 is 0 Å². The number of carbonyl (C=O) groups is 1. The molecule has 1 aromatic heterocycles. The number of benzene rings is 2. The SMILES string of the molecule is CN(C(=O)CCCc1nc2ccccc2c(=O)[nH]1)C1CCc2ccccc21. The van der Waals surface area contributed by atoms with Gasteiger partial charge in [0, 0.05) is 19.9 Å². The summed E-state index contributed by atoms with van der Waals surface area (Å²) in [5, 5.41) is 0.594. The van der Waals surface area contributed by atoms with Crippen LogP contribution in [0, 0.1) is 0 Å². The largest absolute Gasteiger partial charge is 0.339 e. The summed E-state index contributed by atoms with van der Waals surface area (Å²) in [5.41, 5.74) is 3.19. The first-order valence-corrected chi connectivity index (χ1v) is 9.45. The number of aryl methyl sites for hydroxylation is 2. The van der Waals surface area contributed by atoms with Crippen LogP contribution < -0.4 is 5.56 Å². The Kier molecular flexibility index (Phi) is 4.75. The van der Waals surface area contributed by atoms with Crippen LogP contribution in [0.25, 0.3) is 10.9 Å². The maximum absolute atomic E-state index is 12.6. The van der Waals surface area contributed by atoms with Gasteiger partial charge in [0.25, 0.3) is 5.56 Å². The minimum absolute atomic E-state index is 0.124. The van der Waals surface area contributed by atoms with Gasteiger partial charge in [0.15, 0.2) is 0 Å². The smallest absolute Gasteiger partial charge is 0.258 e. The predicted octanol–water partition coefficient (Wildman–Crippen LogP) is 3.39. The number of nitrogens with one attached hydrogen (secondary N) is 1. The van der Waals surface area contributed by atoms with Crippen molar-refractivity contribution < 1.29 is 4.79 Å². The molecule has 0 spiro atoms. The summed E-state index contributed by atoms with van der Waals surface area (Å²) in [6, 6.07) is 15.8. The van der Waals surface area contributed by atoms with E-state index in [1.165, 1.54) is 11.1 Å². The fourth-order valence-corrected chi connectivity index (χ4v) is 3.95. The van der Waals surface area contributed by atoms with Crippen molar-refractivity contribution in [3.8, 4) is 0 Å². The predicted molar refractivity (Wildman–Crippen MR) is 106 cm³/mol. The number of aromatic nitrogens is 2. The van der Waals surface area contributed by atoms with Gasteiger partial charge in [-0.3, -0.25) is 9.59 Å². The van der Waals surface area contributed by atoms with E-state index >= 15 is 0 Å². The molecule has 1 aliphatic carbocycles. The first-order valence-electron chi connectivity index (χ1n) is 9.45. The van der Waals surface area contributed by atoms with Gasteiger partial charge in [-0.2, -0.15) is 0 Å². The van der Waals surface area contributed by atoms with E-state index in [9.17, 15) is 9.59 Å². The lowest BCUT2D eigenvalue weighted by Crippen LogP contribution is -2.30. The molecule has 3 aromatic rings. The Hall–Kier alpha value is -2.95. The van der Waals surface area contributed by atoms with Gasteiger partial charge in [-0.1, -0.05) is 36.4 Å². The van der Waals surface area contributed by atoms with Gasteiger partial charge in [0.05, 0.1) is 16.9 Å². The molecule has 1 aliphatic rings. The van der Waals surface area contributed by atoms with Crippen molar-refractivity contribution >= 4 is 16.8 Å². The fraction of sp³-hybridized carbons (Fsp3) is 0.318. The Morgan fingerprint density at radius 1 is 1.19 bits per heavy atom. The maximum Gasteiger partial charge on any atom is 0.258 e. The van der Waals surface area contributed by atoms with E-state index in [0.29, 0.717) is 36.0 Å². The molecule has 27 heavy (non-hydrogen) atoms. The third kappa shape index (κ3) is 3.50. The number of para-hydroxylation sites is 1. The second kappa shape index (κ2) is 7.35. The van der Waals surface area contributed by atoms with Crippen LogP contribution in [-0.2, 0) is 17.6 Å². The molecule has 1 amide bonds. The van der Waals surface area contributed by atoms with E-state index in [2.05, 4.69) is 28.2 Å². The molecule has 1 N–H and O–H groups in total. The first-order chi connectivity index (χ1) is 13.1. The van der Waals surface area contributed by atoms with Gasteiger partial charge in [0.1, 0.15) is 5.82 Å². The lowest BCUT2D eigenvalue weighted by Gasteiger charge is -2.25. The second-order valence-electron chi connectivity index (χ2n) is 7.14. The maximum atomic E-state index is 12.6. The zero-order valence-corrected chi connectivity index (χ0v) is 15.4. The molecule has 0 fully saturated rings. The number of hydrogen-bond acceptors (Lipinski definition) is 3. The lowest BCUT2D eigenvalue weighted by molar-refractivity contribution is -0.132. The molecule has 2 aromatic carbocycles. The van der Waals surface area contributed by atoms with Crippen molar-refractivity contribution in [2.45, 2.75) is 38.1 Å². The minimum Gasteiger partial charge on any atom is -0.339 e. The number of fused-ring (bicyclic) bond motifs is 2. The van der Waals surface area contributed by atoms with Crippen LogP contribution in [0.1, 0.15) is 42.3 Å². The summed E-state index contributed by atoms with van der Waals surface area (Å²) in [4.78, 5) is 34.0. The zero-order valence-electron chi connectivity index (χ0n) is 15.4. The Labute approximate surface area is 158 Å². The van der Waals surface area contributed by atoms with Gasteiger partial charge in [-0.15, -0.1) is 0 Å². The van der Waals surface area contributed by atoms with Crippen molar-refractivity contribution in [3.05, 3.63) is 75.8 Å². The van der Waals surface area contributed by atoms with Crippen LogP contribution in [0.3, 0.4) is 0 Å². The monoisotopic (exact) mass is 361 g/mol. The Morgan fingerprint density at radius 3 is 2.85 bits per heavy atom. The first kappa shape index (κ1) is 17.5. The van der Waals surface area contributed by atoms with Gasteiger partial charge >= 0.3 is 0 Å². The highest BCUT2D eigenvalue weighted by molar-refractivity contribution is 5.77. The lowest BCUT2D eigenvalue weighted by atomic mass is 10.1. The van der Waals surface area contributed by atoms with Gasteiger partial charge < -0.3 is 9.88 Å². The van der Waals surface area contributed by atoms with E-state index in [1.807, 2.05) is 36.2 Å². The van der Waals surface area contributed by atoms with Crippen LogP contribution in [-0.4, -0.2) is 27.8 Å². The van der Waals surface area contributed by atoms with Crippen molar-refractivity contribution in [3.63, 3.8) is 0 Å². The molecule has 0 radical (unpaired) electrons. The van der Waals surface area contributed by atoms with Crippen molar-refractivity contribution in [1.29, 1.82) is 0 Å². The molecule has 0 aliphatic heterocycles. The molecule has 0 saturated heterocycles. The molecule has 1 atom stereocenters. The summed E-state index contributed by atoms with van der Waals surface area (Å²) in [6.45, 7) is 0. The average molecular weight is 361 g/mol. The van der Waals surface area contributed by atoms with Crippen LogP contribution in [0.4, 0.5) is 0 Å². The number of H-pyrrole nitrogens is 1. The highest BCUT2D eigenvalue weighted by Crippen LogP contribution is 2.35. The summed E-state index contributed by atoms with van der Waals surface area (Å²) < 4.78 is 0. The van der Waals surface area contributed by atoms with E-state index < -0.39 is 0 Å². The summed E-state index contributed by atoms with van der Waals surface area (Å²) >= 11 is 0. The van der Waals surface area contributed by atoms with E-state index in [-0.39, 0.29) is 17.5 Å². The Bertz CT molecular complexity index is 1040. The number of nitrogens with zero attached hydrogens (tertiary/aromatic N) is 2. The second-order valence-corrected chi connectivity index (χ2v) is 7.14. The third-order valence-corrected chi connectivity index (χ3v) is 5.43. The molecule has 1 unspecified atom stereocenters. The molecule has 5 nitrogen and oxygen atoms in total. The summed E-state index contributed by atoms with van der Waals surface area (Å²) in [7, 11) is 1.89. The molecule has 5 heteroatoms. The highest BCUT2D eigenvalue weighted by Gasteiger charge is 2.27.